The maximum absolute atomic E-state index is 3.85. The molecule has 0 saturated heterocycles. The Kier molecular flexibility index (Phi) is 7.13. The largest absolute Gasteiger partial charge is 0.317 e. The van der Waals surface area contributed by atoms with E-state index in [1.165, 1.54) is 45.1 Å². The Morgan fingerprint density at radius 2 is 1.95 bits per heavy atom. The van der Waals surface area contributed by atoms with E-state index in [0.717, 1.165) is 24.3 Å². The molecule has 112 valence electrons. The highest BCUT2D eigenvalue weighted by molar-refractivity contribution is 4.86. The van der Waals surface area contributed by atoms with Crippen LogP contribution in [0, 0.1) is 23.2 Å². The second kappa shape index (κ2) is 8.09. The van der Waals surface area contributed by atoms with E-state index >= 15 is 0 Å². The molecule has 0 amide bonds. The molecule has 0 aromatic heterocycles. The van der Waals surface area contributed by atoms with Crippen LogP contribution >= 0.6 is 0 Å². The normalized spacial score (nSPS) is 28.3. The lowest BCUT2D eigenvalue weighted by atomic mass is 9.64. The van der Waals surface area contributed by atoms with Crippen LogP contribution in [0.25, 0.3) is 0 Å². The van der Waals surface area contributed by atoms with Crippen molar-refractivity contribution in [3.63, 3.8) is 0 Å². The minimum Gasteiger partial charge on any atom is -0.317 e. The van der Waals surface area contributed by atoms with E-state index in [-0.39, 0.29) is 0 Å². The van der Waals surface area contributed by atoms with Crippen molar-refractivity contribution < 1.29 is 0 Å². The van der Waals surface area contributed by atoms with E-state index in [0.29, 0.717) is 5.41 Å². The van der Waals surface area contributed by atoms with Crippen molar-refractivity contribution in [1.29, 1.82) is 0 Å². The zero-order valence-corrected chi connectivity index (χ0v) is 13.7. The third kappa shape index (κ3) is 5.69. The Morgan fingerprint density at radius 1 is 1.21 bits per heavy atom. The summed E-state index contributed by atoms with van der Waals surface area (Å²) in [7, 11) is 0. The molecule has 0 heterocycles. The van der Waals surface area contributed by atoms with Crippen molar-refractivity contribution in [3.05, 3.63) is 12.7 Å². The van der Waals surface area contributed by atoms with Crippen LogP contribution < -0.4 is 5.32 Å². The van der Waals surface area contributed by atoms with Gasteiger partial charge in [-0.2, -0.15) is 0 Å². The van der Waals surface area contributed by atoms with Gasteiger partial charge < -0.3 is 5.32 Å². The van der Waals surface area contributed by atoms with Gasteiger partial charge in [0.2, 0.25) is 0 Å². The van der Waals surface area contributed by atoms with E-state index < -0.39 is 0 Å². The Labute approximate surface area is 121 Å². The summed E-state index contributed by atoms with van der Waals surface area (Å²) in [6, 6.07) is 0. The topological polar surface area (TPSA) is 12.0 Å². The second-order valence-electron chi connectivity index (χ2n) is 7.42. The molecular weight excluding hydrogens is 230 g/mol. The van der Waals surface area contributed by atoms with Gasteiger partial charge in [-0.05, 0) is 74.8 Å². The van der Waals surface area contributed by atoms with Crippen LogP contribution in [0.4, 0.5) is 0 Å². The van der Waals surface area contributed by atoms with E-state index in [1.807, 2.05) is 0 Å². The summed E-state index contributed by atoms with van der Waals surface area (Å²) in [5, 5.41) is 3.57. The fraction of sp³-hybridized carbons (Fsp3) is 0.889. The fourth-order valence-electron chi connectivity index (χ4n) is 3.59. The van der Waals surface area contributed by atoms with Crippen molar-refractivity contribution in [2.45, 2.75) is 66.2 Å². The molecule has 0 aromatic carbocycles. The quantitative estimate of drug-likeness (QED) is 0.503. The van der Waals surface area contributed by atoms with Crippen molar-refractivity contribution in [2.24, 2.45) is 23.2 Å². The zero-order chi connectivity index (χ0) is 14.3. The first-order valence-corrected chi connectivity index (χ1v) is 8.30. The first-order chi connectivity index (χ1) is 8.99. The zero-order valence-electron chi connectivity index (χ0n) is 13.7. The highest BCUT2D eigenvalue weighted by Gasteiger charge is 2.35. The van der Waals surface area contributed by atoms with Crippen molar-refractivity contribution in [1.82, 2.24) is 5.32 Å². The third-order valence-electron chi connectivity index (χ3n) is 5.00. The number of rotatable bonds is 7. The van der Waals surface area contributed by atoms with E-state index in [2.05, 4.69) is 45.7 Å². The van der Waals surface area contributed by atoms with Gasteiger partial charge in [-0.1, -0.05) is 33.8 Å². The lowest BCUT2D eigenvalue weighted by Crippen LogP contribution is -2.36. The number of unbranched alkanes of at least 4 members (excludes halogenated alkanes) is 1. The van der Waals surface area contributed by atoms with Crippen LogP contribution in [0.5, 0.6) is 0 Å². The summed E-state index contributed by atoms with van der Waals surface area (Å²) in [5.74, 6) is 2.75. The molecule has 1 rings (SSSR count). The van der Waals surface area contributed by atoms with Gasteiger partial charge >= 0.3 is 0 Å². The molecule has 1 heteroatoms. The van der Waals surface area contributed by atoms with Crippen LogP contribution in [0.1, 0.15) is 66.2 Å². The van der Waals surface area contributed by atoms with Gasteiger partial charge in [-0.25, -0.2) is 0 Å². The predicted molar refractivity (Wildman–Crippen MR) is 86.4 cm³/mol. The van der Waals surface area contributed by atoms with E-state index in [4.69, 9.17) is 0 Å². The summed E-state index contributed by atoms with van der Waals surface area (Å²) >= 11 is 0. The van der Waals surface area contributed by atoms with Crippen molar-refractivity contribution in [3.8, 4) is 0 Å². The molecule has 0 spiro atoms. The Hall–Kier alpha value is -0.300. The van der Waals surface area contributed by atoms with Crippen molar-refractivity contribution in [2.75, 3.05) is 13.1 Å². The van der Waals surface area contributed by atoms with Gasteiger partial charge in [-0.3, -0.25) is 0 Å². The van der Waals surface area contributed by atoms with Gasteiger partial charge in [0.15, 0.2) is 0 Å². The smallest absolute Gasteiger partial charge is 0.00180 e. The Bertz CT molecular complexity index is 251. The summed E-state index contributed by atoms with van der Waals surface area (Å²) in [5.41, 5.74) is 0.486. The van der Waals surface area contributed by atoms with Gasteiger partial charge in [0, 0.05) is 0 Å². The monoisotopic (exact) mass is 265 g/mol. The molecule has 0 aromatic rings. The highest BCUT2D eigenvalue weighted by Crippen LogP contribution is 2.44. The molecule has 1 aliphatic rings. The van der Waals surface area contributed by atoms with Gasteiger partial charge in [0.05, 0.1) is 0 Å². The molecule has 0 radical (unpaired) electrons. The molecule has 19 heavy (non-hydrogen) atoms. The molecule has 0 bridgehead atoms. The van der Waals surface area contributed by atoms with Gasteiger partial charge in [0.25, 0.3) is 0 Å². The molecule has 1 aliphatic carbocycles. The maximum Gasteiger partial charge on any atom is -0.00180 e. The summed E-state index contributed by atoms with van der Waals surface area (Å²) in [4.78, 5) is 0. The first kappa shape index (κ1) is 16.8. The van der Waals surface area contributed by atoms with Crippen LogP contribution in [-0.2, 0) is 0 Å². The van der Waals surface area contributed by atoms with Crippen LogP contribution in [-0.4, -0.2) is 13.1 Å². The molecule has 1 N–H and O–H groups in total. The SMILES string of the molecule is C=CCCCC1CC(C(C)(C)C)CCC1CNCC. The summed E-state index contributed by atoms with van der Waals surface area (Å²) < 4.78 is 0. The number of nitrogens with one attached hydrogen (secondary N) is 1. The summed E-state index contributed by atoms with van der Waals surface area (Å²) in [6.07, 6.45) is 10.3. The minimum absolute atomic E-state index is 0.486. The first-order valence-electron chi connectivity index (χ1n) is 8.30. The third-order valence-corrected chi connectivity index (χ3v) is 5.00. The molecule has 3 atom stereocenters. The Balaban J connectivity index is 2.54. The Morgan fingerprint density at radius 3 is 2.53 bits per heavy atom. The lowest BCUT2D eigenvalue weighted by molar-refractivity contribution is 0.0918. The predicted octanol–water partition coefficient (Wildman–Crippen LogP) is 5.03. The highest BCUT2D eigenvalue weighted by atomic mass is 14.8. The molecular formula is C18H35N. The summed E-state index contributed by atoms with van der Waals surface area (Å²) in [6.45, 7) is 15.7. The molecule has 1 saturated carbocycles. The standard InChI is InChI=1S/C18H35N/c1-6-8-9-10-15-13-17(18(3,4)5)12-11-16(15)14-19-7-2/h6,15-17,19H,1,7-14H2,2-5H3. The number of hydrogen-bond donors (Lipinski definition) is 1. The van der Waals surface area contributed by atoms with Gasteiger partial charge in [0.1, 0.15) is 0 Å². The minimum atomic E-state index is 0.486. The van der Waals surface area contributed by atoms with Gasteiger partial charge in [-0.15, -0.1) is 6.58 Å². The van der Waals surface area contributed by atoms with Crippen LogP contribution in [0.3, 0.4) is 0 Å². The molecule has 0 aliphatic heterocycles. The van der Waals surface area contributed by atoms with Crippen molar-refractivity contribution >= 4 is 0 Å². The van der Waals surface area contributed by atoms with E-state index in [9.17, 15) is 0 Å². The lowest BCUT2D eigenvalue weighted by Gasteiger charge is -2.42. The van der Waals surface area contributed by atoms with E-state index in [1.54, 1.807) is 0 Å². The number of hydrogen-bond acceptors (Lipinski definition) is 1. The average molecular weight is 265 g/mol. The van der Waals surface area contributed by atoms with Crippen LogP contribution in [0.15, 0.2) is 12.7 Å². The molecule has 1 nitrogen and oxygen atoms in total. The fourth-order valence-corrected chi connectivity index (χ4v) is 3.59. The molecule has 3 unspecified atom stereocenters. The average Bonchev–Trinajstić information content (AvgIpc) is 2.36. The van der Waals surface area contributed by atoms with Crippen LogP contribution in [0.2, 0.25) is 0 Å². The molecule has 1 fully saturated rings. The number of allylic oxidation sites excluding steroid dienone is 1. The maximum atomic E-state index is 3.85. The second-order valence-corrected chi connectivity index (χ2v) is 7.42.